The van der Waals surface area contributed by atoms with Crippen LogP contribution in [0.5, 0.6) is 0 Å². The Morgan fingerprint density at radius 1 is 1.19 bits per heavy atom. The van der Waals surface area contributed by atoms with Crippen LogP contribution in [0.4, 0.5) is 8.78 Å². The largest absolute Gasteiger partial charge is 0.415 e. The maximum absolute atomic E-state index is 12.2. The van der Waals surface area contributed by atoms with Gasteiger partial charge in [-0.3, -0.25) is 0 Å². The molecule has 0 saturated heterocycles. The lowest BCUT2D eigenvalue weighted by molar-refractivity contribution is 0.116. The first-order chi connectivity index (χ1) is 7.70. The molecule has 1 heterocycles. The van der Waals surface area contributed by atoms with Gasteiger partial charge < -0.3 is 4.42 Å². The molecule has 0 aliphatic rings. The van der Waals surface area contributed by atoms with Crippen molar-refractivity contribution >= 4 is 11.8 Å². The molecule has 2 rings (SSSR count). The van der Waals surface area contributed by atoms with Crippen LogP contribution in [0.1, 0.15) is 12.3 Å². The third kappa shape index (κ3) is 2.21. The Balaban J connectivity index is 2.28. The average Bonchev–Trinajstić information content (AvgIpc) is 2.78. The maximum Gasteiger partial charge on any atom is 0.314 e. The molecule has 0 fully saturated rings. The fraction of sp³-hybridized carbons (Fsp3) is 0.200. The molecular formula is C10H8F2N2OS. The standard InChI is InChI=1S/C10H8F2N2OS/c1-16-7-4-2-6(3-5-7)9-13-14-10(15-9)8(11)12/h2-5,8H,1H3. The van der Waals surface area contributed by atoms with Crippen LogP contribution in [0, 0.1) is 0 Å². The Bertz CT molecular complexity index is 470. The highest BCUT2D eigenvalue weighted by Crippen LogP contribution is 2.24. The van der Waals surface area contributed by atoms with Crippen molar-refractivity contribution in [2.24, 2.45) is 0 Å². The maximum atomic E-state index is 12.2. The Kier molecular flexibility index (Phi) is 3.19. The zero-order chi connectivity index (χ0) is 11.5. The molecule has 0 unspecified atom stereocenters. The van der Waals surface area contributed by atoms with Gasteiger partial charge in [-0.15, -0.1) is 22.0 Å². The highest BCUT2D eigenvalue weighted by Gasteiger charge is 2.16. The van der Waals surface area contributed by atoms with Crippen molar-refractivity contribution in [1.29, 1.82) is 0 Å². The second-order valence-corrected chi connectivity index (χ2v) is 3.85. The Morgan fingerprint density at radius 3 is 2.38 bits per heavy atom. The van der Waals surface area contributed by atoms with Crippen LogP contribution in [0.15, 0.2) is 33.6 Å². The average molecular weight is 242 g/mol. The van der Waals surface area contributed by atoms with Crippen molar-refractivity contribution in [2.75, 3.05) is 6.26 Å². The molecule has 0 N–H and O–H groups in total. The number of benzene rings is 1. The third-order valence-corrected chi connectivity index (χ3v) is 2.71. The number of aromatic nitrogens is 2. The van der Waals surface area contributed by atoms with Crippen LogP contribution >= 0.6 is 11.8 Å². The minimum Gasteiger partial charge on any atom is -0.415 e. The fourth-order valence-electron chi connectivity index (χ4n) is 1.17. The van der Waals surface area contributed by atoms with Crippen molar-refractivity contribution in [3.8, 4) is 11.5 Å². The highest BCUT2D eigenvalue weighted by atomic mass is 32.2. The van der Waals surface area contributed by atoms with Crippen LogP contribution < -0.4 is 0 Å². The Hall–Kier alpha value is -1.43. The first-order valence-electron chi connectivity index (χ1n) is 4.46. The lowest BCUT2D eigenvalue weighted by Crippen LogP contribution is -1.81. The predicted octanol–water partition coefficient (Wildman–Crippen LogP) is 3.40. The molecule has 16 heavy (non-hydrogen) atoms. The molecule has 6 heteroatoms. The minimum absolute atomic E-state index is 0.114. The lowest BCUT2D eigenvalue weighted by Gasteiger charge is -1.97. The molecular weight excluding hydrogens is 234 g/mol. The molecule has 2 aromatic rings. The molecule has 0 spiro atoms. The second kappa shape index (κ2) is 4.61. The molecule has 0 saturated carbocycles. The van der Waals surface area contributed by atoms with E-state index in [9.17, 15) is 8.78 Å². The van der Waals surface area contributed by atoms with Crippen LogP contribution in [0.3, 0.4) is 0 Å². The number of hydrogen-bond donors (Lipinski definition) is 0. The number of rotatable bonds is 3. The van der Waals surface area contributed by atoms with Crippen LogP contribution in [0.25, 0.3) is 11.5 Å². The summed E-state index contributed by atoms with van der Waals surface area (Å²) in [4.78, 5) is 1.08. The smallest absolute Gasteiger partial charge is 0.314 e. The summed E-state index contributed by atoms with van der Waals surface area (Å²) in [5.41, 5.74) is 0.636. The third-order valence-electron chi connectivity index (χ3n) is 1.96. The summed E-state index contributed by atoms with van der Waals surface area (Å²) in [5.74, 6) is -0.535. The summed E-state index contributed by atoms with van der Waals surface area (Å²) in [7, 11) is 0. The van der Waals surface area contributed by atoms with Gasteiger partial charge in [-0.25, -0.2) is 0 Å². The summed E-state index contributed by atoms with van der Waals surface area (Å²) in [5, 5.41) is 6.82. The molecule has 1 aromatic heterocycles. The van der Waals surface area contributed by atoms with Crippen LogP contribution in [0.2, 0.25) is 0 Å². The summed E-state index contributed by atoms with van der Waals surface area (Å²) >= 11 is 1.60. The van der Waals surface area contributed by atoms with Gasteiger partial charge in [0.2, 0.25) is 5.89 Å². The van der Waals surface area contributed by atoms with E-state index < -0.39 is 12.3 Å². The van der Waals surface area contributed by atoms with Crippen molar-refractivity contribution in [2.45, 2.75) is 11.3 Å². The van der Waals surface area contributed by atoms with Gasteiger partial charge in [-0.05, 0) is 30.5 Å². The van der Waals surface area contributed by atoms with Gasteiger partial charge in [0.1, 0.15) is 0 Å². The number of nitrogens with zero attached hydrogens (tertiary/aromatic N) is 2. The Labute approximate surface area is 94.9 Å². The van der Waals surface area contributed by atoms with E-state index in [0.29, 0.717) is 5.56 Å². The highest BCUT2D eigenvalue weighted by molar-refractivity contribution is 7.98. The zero-order valence-electron chi connectivity index (χ0n) is 8.35. The van der Waals surface area contributed by atoms with E-state index in [-0.39, 0.29) is 5.89 Å². The quantitative estimate of drug-likeness (QED) is 0.773. The molecule has 3 nitrogen and oxygen atoms in total. The lowest BCUT2D eigenvalue weighted by atomic mass is 10.2. The molecule has 1 aromatic carbocycles. The summed E-state index contributed by atoms with van der Waals surface area (Å²) in [6.07, 6.45) is -0.775. The van der Waals surface area contributed by atoms with E-state index in [2.05, 4.69) is 10.2 Å². The molecule has 0 amide bonds. The number of halogens is 2. The molecule has 0 radical (unpaired) electrons. The number of thioether (sulfide) groups is 1. The van der Waals surface area contributed by atoms with E-state index in [1.54, 1.807) is 23.9 Å². The molecule has 0 aliphatic carbocycles. The summed E-state index contributed by atoms with van der Waals surface area (Å²) < 4.78 is 29.3. The normalized spacial score (nSPS) is 11.0. The van der Waals surface area contributed by atoms with Gasteiger partial charge in [0.25, 0.3) is 5.89 Å². The summed E-state index contributed by atoms with van der Waals surface area (Å²) in [6, 6.07) is 7.25. The SMILES string of the molecule is CSc1ccc(-c2nnc(C(F)F)o2)cc1. The van der Waals surface area contributed by atoms with E-state index >= 15 is 0 Å². The minimum atomic E-state index is -2.73. The van der Waals surface area contributed by atoms with Crippen molar-refractivity contribution < 1.29 is 13.2 Å². The van der Waals surface area contributed by atoms with Crippen molar-refractivity contribution in [3.05, 3.63) is 30.2 Å². The van der Waals surface area contributed by atoms with E-state index in [4.69, 9.17) is 4.42 Å². The van der Waals surface area contributed by atoms with Gasteiger partial charge in [0.05, 0.1) is 0 Å². The monoisotopic (exact) mass is 242 g/mol. The predicted molar refractivity (Wildman–Crippen MR) is 56.5 cm³/mol. The van der Waals surface area contributed by atoms with Crippen LogP contribution in [-0.4, -0.2) is 16.5 Å². The molecule has 0 atom stereocenters. The molecule has 0 aliphatic heterocycles. The van der Waals surface area contributed by atoms with Gasteiger partial charge >= 0.3 is 6.43 Å². The fourth-order valence-corrected chi connectivity index (χ4v) is 1.58. The van der Waals surface area contributed by atoms with Gasteiger partial charge in [0, 0.05) is 10.5 Å². The summed E-state index contributed by atoms with van der Waals surface area (Å²) in [6.45, 7) is 0. The Morgan fingerprint density at radius 2 is 1.88 bits per heavy atom. The van der Waals surface area contributed by atoms with Gasteiger partial charge in [-0.1, -0.05) is 0 Å². The first kappa shape index (κ1) is 11.1. The van der Waals surface area contributed by atoms with Crippen LogP contribution in [-0.2, 0) is 0 Å². The zero-order valence-corrected chi connectivity index (χ0v) is 9.17. The first-order valence-corrected chi connectivity index (χ1v) is 5.69. The van der Waals surface area contributed by atoms with Crippen molar-refractivity contribution in [1.82, 2.24) is 10.2 Å². The van der Waals surface area contributed by atoms with E-state index in [0.717, 1.165) is 4.90 Å². The van der Waals surface area contributed by atoms with Crippen molar-refractivity contribution in [3.63, 3.8) is 0 Å². The van der Waals surface area contributed by atoms with E-state index in [1.165, 1.54) is 0 Å². The molecule has 84 valence electrons. The van der Waals surface area contributed by atoms with E-state index in [1.807, 2.05) is 18.4 Å². The van der Waals surface area contributed by atoms with Gasteiger partial charge in [-0.2, -0.15) is 8.78 Å². The molecule has 0 bridgehead atoms. The topological polar surface area (TPSA) is 38.9 Å². The van der Waals surface area contributed by atoms with Gasteiger partial charge in [0.15, 0.2) is 0 Å². The number of hydrogen-bond acceptors (Lipinski definition) is 4. The number of alkyl halides is 2. The second-order valence-electron chi connectivity index (χ2n) is 2.97.